The van der Waals surface area contributed by atoms with Gasteiger partial charge in [0.2, 0.25) is 5.89 Å². The maximum absolute atomic E-state index is 13.7. The number of nitrogens with two attached hydrogens (primary N) is 1. The van der Waals surface area contributed by atoms with E-state index >= 15 is 0 Å². The Bertz CT molecular complexity index is 627. The van der Waals surface area contributed by atoms with E-state index in [0.717, 1.165) is 25.7 Å². The lowest BCUT2D eigenvalue weighted by atomic mass is 9.72. The Morgan fingerprint density at radius 3 is 2.95 bits per heavy atom. The molecule has 0 radical (unpaired) electrons. The number of hydrogen-bond acceptors (Lipinski definition) is 4. The minimum absolute atomic E-state index is 0.0352. The summed E-state index contributed by atoms with van der Waals surface area (Å²) >= 11 is 0. The van der Waals surface area contributed by atoms with Crippen LogP contribution in [0.4, 0.5) is 4.39 Å². The third kappa shape index (κ3) is 2.70. The van der Waals surface area contributed by atoms with Gasteiger partial charge in [0.05, 0.1) is 5.41 Å². The highest BCUT2D eigenvalue weighted by Gasteiger charge is 2.40. The SMILES string of the molecule is CC1(c2nc(Cc3ccccc3F)no2)CCCCC1N. The van der Waals surface area contributed by atoms with E-state index in [1.54, 1.807) is 18.2 Å². The molecule has 1 aliphatic rings. The molecule has 5 heteroatoms. The van der Waals surface area contributed by atoms with Gasteiger partial charge in [-0.05, 0) is 31.4 Å². The van der Waals surface area contributed by atoms with Crippen LogP contribution < -0.4 is 5.73 Å². The van der Waals surface area contributed by atoms with Gasteiger partial charge in [-0.25, -0.2) is 4.39 Å². The Morgan fingerprint density at radius 1 is 1.38 bits per heavy atom. The van der Waals surface area contributed by atoms with Gasteiger partial charge in [-0.15, -0.1) is 0 Å². The van der Waals surface area contributed by atoms with Gasteiger partial charge in [0.1, 0.15) is 5.82 Å². The monoisotopic (exact) mass is 289 g/mol. The smallest absolute Gasteiger partial charge is 0.234 e. The van der Waals surface area contributed by atoms with E-state index in [0.29, 0.717) is 23.7 Å². The van der Waals surface area contributed by atoms with Gasteiger partial charge in [0.15, 0.2) is 5.82 Å². The molecule has 0 spiro atoms. The molecule has 4 nitrogen and oxygen atoms in total. The summed E-state index contributed by atoms with van der Waals surface area (Å²) in [6, 6.07) is 6.68. The molecule has 2 atom stereocenters. The Morgan fingerprint density at radius 2 is 2.19 bits per heavy atom. The predicted molar refractivity (Wildman–Crippen MR) is 77.3 cm³/mol. The van der Waals surface area contributed by atoms with Gasteiger partial charge in [0.25, 0.3) is 0 Å². The van der Waals surface area contributed by atoms with Crippen LogP contribution in [0.3, 0.4) is 0 Å². The maximum Gasteiger partial charge on any atom is 0.234 e. The largest absolute Gasteiger partial charge is 0.339 e. The Kier molecular flexibility index (Phi) is 3.76. The van der Waals surface area contributed by atoms with E-state index in [9.17, 15) is 4.39 Å². The molecule has 0 saturated heterocycles. The molecule has 112 valence electrons. The summed E-state index contributed by atoms with van der Waals surface area (Å²) in [7, 11) is 0. The second-order valence-corrected chi connectivity index (χ2v) is 6.05. The molecule has 2 unspecified atom stereocenters. The molecular formula is C16H20FN3O. The van der Waals surface area contributed by atoms with E-state index in [-0.39, 0.29) is 17.3 Å². The number of halogens is 1. The van der Waals surface area contributed by atoms with Crippen molar-refractivity contribution in [2.24, 2.45) is 5.73 Å². The average molecular weight is 289 g/mol. The van der Waals surface area contributed by atoms with Gasteiger partial charge in [-0.1, -0.05) is 36.2 Å². The first-order chi connectivity index (χ1) is 10.1. The van der Waals surface area contributed by atoms with E-state index in [1.165, 1.54) is 6.07 Å². The van der Waals surface area contributed by atoms with Crippen molar-refractivity contribution in [3.8, 4) is 0 Å². The minimum Gasteiger partial charge on any atom is -0.339 e. The lowest BCUT2D eigenvalue weighted by Gasteiger charge is -2.35. The zero-order valence-electron chi connectivity index (χ0n) is 12.2. The fourth-order valence-corrected chi connectivity index (χ4v) is 3.00. The van der Waals surface area contributed by atoms with Gasteiger partial charge < -0.3 is 10.3 Å². The highest BCUT2D eigenvalue weighted by Crippen LogP contribution is 2.37. The molecular weight excluding hydrogens is 269 g/mol. The van der Waals surface area contributed by atoms with Crippen LogP contribution in [0.5, 0.6) is 0 Å². The van der Waals surface area contributed by atoms with Crippen LogP contribution in [-0.4, -0.2) is 16.2 Å². The van der Waals surface area contributed by atoms with Crippen LogP contribution in [-0.2, 0) is 11.8 Å². The van der Waals surface area contributed by atoms with Gasteiger partial charge in [-0.2, -0.15) is 4.98 Å². The zero-order chi connectivity index (χ0) is 14.9. The van der Waals surface area contributed by atoms with Crippen molar-refractivity contribution in [3.05, 3.63) is 47.4 Å². The first kappa shape index (κ1) is 14.2. The number of nitrogens with zero attached hydrogens (tertiary/aromatic N) is 2. The van der Waals surface area contributed by atoms with Gasteiger partial charge in [0, 0.05) is 12.5 Å². The van der Waals surface area contributed by atoms with E-state index < -0.39 is 0 Å². The first-order valence-corrected chi connectivity index (χ1v) is 7.41. The fourth-order valence-electron chi connectivity index (χ4n) is 3.00. The van der Waals surface area contributed by atoms with Gasteiger partial charge in [-0.3, -0.25) is 0 Å². The molecule has 0 aliphatic heterocycles. The van der Waals surface area contributed by atoms with Crippen molar-refractivity contribution < 1.29 is 8.91 Å². The summed E-state index contributed by atoms with van der Waals surface area (Å²) in [6.45, 7) is 2.08. The van der Waals surface area contributed by atoms with Crippen molar-refractivity contribution in [1.29, 1.82) is 0 Å². The molecule has 0 bridgehead atoms. The molecule has 1 aliphatic carbocycles. The summed E-state index contributed by atoms with van der Waals surface area (Å²) in [6.07, 6.45) is 4.53. The average Bonchev–Trinajstić information content (AvgIpc) is 2.94. The zero-order valence-corrected chi connectivity index (χ0v) is 12.2. The maximum atomic E-state index is 13.7. The Balaban J connectivity index is 1.82. The van der Waals surface area contributed by atoms with Crippen LogP contribution in [0, 0.1) is 5.82 Å². The molecule has 1 aromatic heterocycles. The summed E-state index contributed by atoms with van der Waals surface area (Å²) < 4.78 is 19.1. The molecule has 0 amide bonds. The number of rotatable bonds is 3. The van der Waals surface area contributed by atoms with Crippen molar-refractivity contribution in [2.45, 2.75) is 50.5 Å². The second-order valence-electron chi connectivity index (χ2n) is 6.05. The van der Waals surface area contributed by atoms with E-state index in [2.05, 4.69) is 17.1 Å². The molecule has 1 saturated carbocycles. The molecule has 2 aromatic rings. The number of benzene rings is 1. The summed E-state index contributed by atoms with van der Waals surface area (Å²) in [5.41, 5.74) is 6.55. The lowest BCUT2D eigenvalue weighted by molar-refractivity contribution is 0.203. The van der Waals surface area contributed by atoms with Crippen molar-refractivity contribution in [2.75, 3.05) is 0 Å². The molecule has 21 heavy (non-hydrogen) atoms. The van der Waals surface area contributed by atoms with Crippen LogP contribution in [0.25, 0.3) is 0 Å². The van der Waals surface area contributed by atoms with Crippen LogP contribution in [0.2, 0.25) is 0 Å². The summed E-state index contributed by atoms with van der Waals surface area (Å²) in [4.78, 5) is 4.47. The van der Waals surface area contributed by atoms with Crippen molar-refractivity contribution in [3.63, 3.8) is 0 Å². The standard InChI is InChI=1S/C16H20FN3O/c1-16(9-5-4-8-13(16)18)15-19-14(20-21-15)10-11-6-2-3-7-12(11)17/h2-3,6-7,13H,4-5,8-10,18H2,1H3. The highest BCUT2D eigenvalue weighted by atomic mass is 19.1. The van der Waals surface area contributed by atoms with Crippen LogP contribution in [0.1, 0.15) is 49.9 Å². The summed E-state index contributed by atoms with van der Waals surface area (Å²) in [5.74, 6) is 0.847. The Hall–Kier alpha value is -1.75. The highest BCUT2D eigenvalue weighted by molar-refractivity contribution is 5.21. The predicted octanol–water partition coefficient (Wildman–Crippen LogP) is 2.96. The van der Waals surface area contributed by atoms with E-state index in [1.807, 2.05) is 0 Å². The normalized spacial score (nSPS) is 26.0. The first-order valence-electron chi connectivity index (χ1n) is 7.41. The van der Waals surface area contributed by atoms with Crippen LogP contribution in [0.15, 0.2) is 28.8 Å². The fraction of sp³-hybridized carbons (Fsp3) is 0.500. The second kappa shape index (κ2) is 5.56. The van der Waals surface area contributed by atoms with Gasteiger partial charge >= 0.3 is 0 Å². The molecule has 3 rings (SSSR count). The molecule has 2 N–H and O–H groups in total. The Labute approximate surface area is 123 Å². The van der Waals surface area contributed by atoms with E-state index in [4.69, 9.17) is 10.3 Å². The minimum atomic E-state index is -0.265. The third-order valence-electron chi connectivity index (χ3n) is 4.54. The van der Waals surface area contributed by atoms with Crippen molar-refractivity contribution in [1.82, 2.24) is 10.1 Å². The number of aromatic nitrogens is 2. The molecule has 1 aromatic carbocycles. The quantitative estimate of drug-likeness (QED) is 0.943. The lowest BCUT2D eigenvalue weighted by Crippen LogP contribution is -2.45. The van der Waals surface area contributed by atoms with Crippen molar-refractivity contribution >= 4 is 0 Å². The molecule has 1 heterocycles. The van der Waals surface area contributed by atoms with Crippen LogP contribution >= 0.6 is 0 Å². The third-order valence-corrected chi connectivity index (χ3v) is 4.54. The topological polar surface area (TPSA) is 64.9 Å². The number of hydrogen-bond donors (Lipinski definition) is 1. The summed E-state index contributed by atoms with van der Waals surface area (Å²) in [5, 5.41) is 4.00. The molecule has 1 fully saturated rings.